The Morgan fingerprint density at radius 1 is 1.30 bits per heavy atom. The van der Waals surface area contributed by atoms with Crippen LogP contribution in [0.15, 0.2) is 24.3 Å². The van der Waals surface area contributed by atoms with E-state index in [0.29, 0.717) is 19.8 Å². The van der Waals surface area contributed by atoms with Crippen LogP contribution in [0.5, 0.6) is 0 Å². The smallest absolute Gasteiger partial charge is 0.0898 e. The highest BCUT2D eigenvalue weighted by molar-refractivity contribution is 6.30. The van der Waals surface area contributed by atoms with Crippen molar-refractivity contribution >= 4 is 11.6 Å². The molecule has 0 aliphatic rings. The molecular weight excluding hydrogens is 274 g/mol. The van der Waals surface area contributed by atoms with Crippen LogP contribution in [-0.4, -0.2) is 29.9 Å². The number of aliphatic hydroxyl groups excluding tert-OH is 1. The molecule has 0 saturated heterocycles. The number of β-amino-alcohol motifs (C(OH)–C–C–N with tert-alkyl or cyclic N) is 1. The summed E-state index contributed by atoms with van der Waals surface area (Å²) in [5.41, 5.74) is 1.12. The second-order valence-electron chi connectivity index (χ2n) is 5.81. The molecule has 1 aromatic carbocycles. The maximum absolute atomic E-state index is 9.89. The van der Waals surface area contributed by atoms with E-state index in [1.165, 1.54) is 0 Å². The highest BCUT2D eigenvalue weighted by atomic mass is 35.5. The normalized spacial score (nSPS) is 13.4. The van der Waals surface area contributed by atoms with Crippen LogP contribution >= 0.6 is 11.6 Å². The lowest BCUT2D eigenvalue weighted by molar-refractivity contribution is 0.0254. The van der Waals surface area contributed by atoms with E-state index in [0.717, 1.165) is 23.4 Å². The van der Waals surface area contributed by atoms with Crippen molar-refractivity contribution in [2.75, 3.05) is 13.2 Å². The molecule has 0 bridgehead atoms. The van der Waals surface area contributed by atoms with Gasteiger partial charge in [-0.3, -0.25) is 0 Å². The van der Waals surface area contributed by atoms with Gasteiger partial charge >= 0.3 is 0 Å². The Bertz CT molecular complexity index is 379. The fraction of sp³-hybridized carbons (Fsp3) is 0.625. The van der Waals surface area contributed by atoms with E-state index in [-0.39, 0.29) is 5.54 Å². The molecule has 2 N–H and O–H groups in total. The van der Waals surface area contributed by atoms with Crippen molar-refractivity contribution in [3.63, 3.8) is 0 Å². The molecule has 0 saturated carbocycles. The van der Waals surface area contributed by atoms with Gasteiger partial charge in [0.1, 0.15) is 0 Å². The predicted molar refractivity (Wildman–Crippen MR) is 84.1 cm³/mol. The maximum atomic E-state index is 9.89. The molecule has 0 amide bonds. The van der Waals surface area contributed by atoms with Crippen molar-refractivity contribution < 1.29 is 9.84 Å². The summed E-state index contributed by atoms with van der Waals surface area (Å²) >= 11 is 5.82. The summed E-state index contributed by atoms with van der Waals surface area (Å²) in [6.45, 7) is 7.84. The third kappa shape index (κ3) is 7.25. The molecule has 20 heavy (non-hydrogen) atoms. The third-order valence-corrected chi connectivity index (χ3v) is 3.44. The van der Waals surface area contributed by atoms with Crippen LogP contribution in [0.2, 0.25) is 5.02 Å². The number of benzene rings is 1. The fourth-order valence-electron chi connectivity index (χ4n) is 2.06. The first-order valence-corrected chi connectivity index (χ1v) is 7.56. The molecule has 0 heterocycles. The van der Waals surface area contributed by atoms with Crippen LogP contribution in [0.1, 0.15) is 39.2 Å². The van der Waals surface area contributed by atoms with Gasteiger partial charge < -0.3 is 15.2 Å². The zero-order valence-electron chi connectivity index (χ0n) is 12.7. The van der Waals surface area contributed by atoms with Gasteiger partial charge in [-0.2, -0.15) is 0 Å². The minimum absolute atomic E-state index is 0.0614. The Labute approximate surface area is 127 Å². The van der Waals surface area contributed by atoms with Gasteiger partial charge in [0, 0.05) is 17.1 Å². The van der Waals surface area contributed by atoms with Crippen molar-refractivity contribution in [2.24, 2.45) is 0 Å². The van der Waals surface area contributed by atoms with Gasteiger partial charge in [-0.05, 0) is 38.0 Å². The van der Waals surface area contributed by atoms with E-state index < -0.39 is 6.10 Å². The number of hydrogen-bond donors (Lipinski definition) is 2. The summed E-state index contributed by atoms with van der Waals surface area (Å²) in [6, 6.07) is 7.53. The van der Waals surface area contributed by atoms with E-state index in [4.69, 9.17) is 16.3 Å². The first kappa shape index (κ1) is 17.4. The molecule has 0 aromatic heterocycles. The Balaban J connectivity index is 2.20. The Kier molecular flexibility index (Phi) is 7.52. The largest absolute Gasteiger partial charge is 0.389 e. The van der Waals surface area contributed by atoms with Gasteiger partial charge in [0.05, 0.1) is 19.3 Å². The van der Waals surface area contributed by atoms with Crippen LogP contribution in [0.3, 0.4) is 0 Å². The number of ether oxygens (including phenoxy) is 1. The topological polar surface area (TPSA) is 41.5 Å². The molecule has 1 unspecified atom stereocenters. The van der Waals surface area contributed by atoms with Crippen molar-refractivity contribution in [2.45, 2.75) is 51.9 Å². The Morgan fingerprint density at radius 2 is 1.95 bits per heavy atom. The van der Waals surface area contributed by atoms with Crippen molar-refractivity contribution in [3.05, 3.63) is 34.9 Å². The number of aliphatic hydroxyl groups is 1. The number of nitrogens with one attached hydrogen (secondary N) is 1. The molecule has 0 spiro atoms. The van der Waals surface area contributed by atoms with Crippen LogP contribution < -0.4 is 5.32 Å². The second-order valence-corrected chi connectivity index (χ2v) is 6.25. The third-order valence-electron chi connectivity index (χ3n) is 3.18. The first-order valence-electron chi connectivity index (χ1n) is 7.18. The van der Waals surface area contributed by atoms with E-state index >= 15 is 0 Å². The number of hydrogen-bond acceptors (Lipinski definition) is 3. The minimum Gasteiger partial charge on any atom is -0.389 e. The minimum atomic E-state index is -0.488. The molecule has 3 nitrogen and oxygen atoms in total. The quantitative estimate of drug-likeness (QED) is 0.734. The van der Waals surface area contributed by atoms with Crippen LogP contribution in [-0.2, 0) is 11.3 Å². The van der Waals surface area contributed by atoms with Gasteiger partial charge in [0.15, 0.2) is 0 Å². The average Bonchev–Trinajstić information content (AvgIpc) is 2.39. The Hall–Kier alpha value is -0.610. The summed E-state index contributed by atoms with van der Waals surface area (Å²) in [7, 11) is 0. The second kappa shape index (κ2) is 8.63. The molecule has 1 atom stereocenters. The van der Waals surface area contributed by atoms with Gasteiger partial charge in [-0.15, -0.1) is 0 Å². The van der Waals surface area contributed by atoms with E-state index in [2.05, 4.69) is 26.1 Å². The molecule has 0 fully saturated rings. The SMILES string of the molecule is CCCC(C)(C)NCC(O)COCc1ccc(Cl)cc1. The zero-order valence-corrected chi connectivity index (χ0v) is 13.4. The summed E-state index contributed by atoms with van der Waals surface area (Å²) in [6.07, 6.45) is 1.73. The number of rotatable bonds is 9. The van der Waals surface area contributed by atoms with Gasteiger partial charge in [0.25, 0.3) is 0 Å². The molecule has 0 aliphatic heterocycles. The van der Waals surface area contributed by atoms with Crippen molar-refractivity contribution in [1.82, 2.24) is 5.32 Å². The zero-order chi connectivity index (χ0) is 15.0. The number of halogens is 1. The summed E-state index contributed by atoms with van der Waals surface area (Å²) in [5.74, 6) is 0. The molecule has 0 aliphatic carbocycles. The molecular formula is C16H26ClNO2. The van der Waals surface area contributed by atoms with Crippen LogP contribution in [0, 0.1) is 0 Å². The molecule has 1 rings (SSSR count). The predicted octanol–water partition coefficient (Wildman–Crippen LogP) is 3.39. The summed E-state index contributed by atoms with van der Waals surface area (Å²) in [4.78, 5) is 0. The van der Waals surface area contributed by atoms with E-state index in [1.54, 1.807) is 0 Å². The van der Waals surface area contributed by atoms with Gasteiger partial charge in [-0.25, -0.2) is 0 Å². The monoisotopic (exact) mass is 299 g/mol. The lowest BCUT2D eigenvalue weighted by atomic mass is 9.99. The molecule has 114 valence electrons. The average molecular weight is 300 g/mol. The van der Waals surface area contributed by atoms with Crippen molar-refractivity contribution in [1.29, 1.82) is 0 Å². The summed E-state index contributed by atoms with van der Waals surface area (Å²) < 4.78 is 5.51. The maximum Gasteiger partial charge on any atom is 0.0898 e. The molecule has 1 aromatic rings. The standard InChI is InChI=1S/C16H26ClNO2/c1-4-9-16(2,3)18-10-15(19)12-20-11-13-5-7-14(17)8-6-13/h5-8,15,18-19H,4,9-12H2,1-3H3. The fourth-order valence-corrected chi connectivity index (χ4v) is 2.19. The van der Waals surface area contributed by atoms with E-state index in [1.807, 2.05) is 24.3 Å². The molecule has 0 radical (unpaired) electrons. The summed E-state index contributed by atoms with van der Waals surface area (Å²) in [5, 5.41) is 14.0. The van der Waals surface area contributed by atoms with Crippen LogP contribution in [0.4, 0.5) is 0 Å². The van der Waals surface area contributed by atoms with Gasteiger partial charge in [0.2, 0.25) is 0 Å². The Morgan fingerprint density at radius 3 is 2.55 bits per heavy atom. The lowest BCUT2D eigenvalue weighted by Crippen LogP contribution is -2.44. The van der Waals surface area contributed by atoms with Crippen molar-refractivity contribution in [3.8, 4) is 0 Å². The first-order chi connectivity index (χ1) is 9.43. The van der Waals surface area contributed by atoms with Gasteiger partial charge in [-0.1, -0.05) is 37.1 Å². The van der Waals surface area contributed by atoms with E-state index in [9.17, 15) is 5.11 Å². The molecule has 4 heteroatoms. The highest BCUT2D eigenvalue weighted by Gasteiger charge is 2.17. The van der Waals surface area contributed by atoms with Crippen LogP contribution in [0.25, 0.3) is 0 Å². The lowest BCUT2D eigenvalue weighted by Gasteiger charge is -2.27. The highest BCUT2D eigenvalue weighted by Crippen LogP contribution is 2.11.